The molecule has 0 radical (unpaired) electrons. The van der Waals surface area contributed by atoms with Crippen molar-refractivity contribution in [2.24, 2.45) is 0 Å². The van der Waals surface area contributed by atoms with Gasteiger partial charge in [0.15, 0.2) is 11.7 Å². The van der Waals surface area contributed by atoms with Gasteiger partial charge in [-0.3, -0.25) is 4.79 Å². The topological polar surface area (TPSA) is 94.3 Å². The predicted molar refractivity (Wildman–Crippen MR) is 129 cm³/mol. The van der Waals surface area contributed by atoms with Crippen LogP contribution in [-0.4, -0.2) is 27.9 Å². The summed E-state index contributed by atoms with van der Waals surface area (Å²) < 4.78 is 11.5. The number of carbonyl (C=O) groups excluding carboxylic acids is 2. The van der Waals surface area contributed by atoms with Crippen LogP contribution in [-0.2, 0) is 9.53 Å². The molecule has 1 N–H and O–H groups in total. The summed E-state index contributed by atoms with van der Waals surface area (Å²) >= 11 is 0. The Bertz CT molecular complexity index is 1500. The number of pyridine rings is 1. The van der Waals surface area contributed by atoms with Crippen LogP contribution in [0.15, 0.2) is 83.4 Å². The molecule has 0 saturated heterocycles. The summed E-state index contributed by atoms with van der Waals surface area (Å²) in [6.07, 6.45) is 0.559. The first-order valence-electron chi connectivity index (χ1n) is 10.8. The number of fused-ring (bicyclic) bond motifs is 2. The van der Waals surface area contributed by atoms with Crippen molar-refractivity contribution in [1.29, 1.82) is 0 Å². The van der Waals surface area contributed by atoms with Gasteiger partial charge < -0.3 is 14.5 Å². The Hall–Kier alpha value is -4.52. The minimum absolute atomic E-state index is 0.323. The van der Waals surface area contributed by atoms with E-state index in [2.05, 4.69) is 15.3 Å². The molecule has 1 atom stereocenters. The predicted octanol–water partition coefficient (Wildman–Crippen LogP) is 5.54. The first kappa shape index (κ1) is 21.3. The Kier molecular flexibility index (Phi) is 5.51. The fourth-order valence-electron chi connectivity index (χ4n) is 3.79. The SMILES string of the molecule is Cc1cccnc1NC(=O)C(C)OC(=O)c1cccc2cccc(-c3nc4ccccc4o3)c12. The quantitative estimate of drug-likeness (QED) is 0.353. The van der Waals surface area contributed by atoms with Crippen LogP contribution < -0.4 is 5.32 Å². The highest BCUT2D eigenvalue weighted by molar-refractivity contribution is 6.10. The highest BCUT2D eigenvalue weighted by Crippen LogP contribution is 2.33. The number of ether oxygens (including phenoxy) is 1. The van der Waals surface area contributed by atoms with Gasteiger partial charge in [0.05, 0.1) is 5.56 Å². The molecule has 7 heteroatoms. The Morgan fingerprint density at radius 3 is 2.56 bits per heavy atom. The summed E-state index contributed by atoms with van der Waals surface area (Å²) in [5.41, 5.74) is 3.19. The number of carbonyl (C=O) groups is 2. The Morgan fingerprint density at radius 1 is 0.971 bits per heavy atom. The number of hydrogen-bond acceptors (Lipinski definition) is 6. The molecule has 0 fully saturated rings. The lowest BCUT2D eigenvalue weighted by molar-refractivity contribution is -0.123. The van der Waals surface area contributed by atoms with E-state index in [1.807, 2.05) is 61.5 Å². The summed E-state index contributed by atoms with van der Waals surface area (Å²) in [7, 11) is 0. The molecule has 0 bridgehead atoms. The molecule has 1 amide bonds. The van der Waals surface area contributed by atoms with E-state index >= 15 is 0 Å². The van der Waals surface area contributed by atoms with Crippen LogP contribution in [0.25, 0.3) is 33.3 Å². The maximum Gasteiger partial charge on any atom is 0.339 e. The van der Waals surface area contributed by atoms with E-state index in [9.17, 15) is 9.59 Å². The fourth-order valence-corrected chi connectivity index (χ4v) is 3.79. The lowest BCUT2D eigenvalue weighted by Gasteiger charge is -2.15. The molecule has 1 unspecified atom stereocenters. The molecule has 2 aromatic heterocycles. The number of nitrogens with one attached hydrogen (secondary N) is 1. The van der Waals surface area contributed by atoms with Crippen molar-refractivity contribution < 1.29 is 18.7 Å². The van der Waals surface area contributed by atoms with Gasteiger partial charge in [0, 0.05) is 17.1 Å². The van der Waals surface area contributed by atoms with E-state index in [0.29, 0.717) is 33.8 Å². The Balaban J connectivity index is 1.47. The molecular weight excluding hydrogens is 430 g/mol. The van der Waals surface area contributed by atoms with E-state index < -0.39 is 18.0 Å². The lowest BCUT2D eigenvalue weighted by atomic mass is 9.99. The molecular formula is C27H21N3O4. The van der Waals surface area contributed by atoms with E-state index in [-0.39, 0.29) is 0 Å². The average molecular weight is 451 g/mol. The number of aryl methyl sites for hydroxylation is 1. The number of esters is 1. The van der Waals surface area contributed by atoms with Crippen LogP contribution >= 0.6 is 0 Å². The first-order chi connectivity index (χ1) is 16.5. The fraction of sp³-hybridized carbons (Fsp3) is 0.111. The number of nitrogens with zero attached hydrogens (tertiary/aromatic N) is 2. The van der Waals surface area contributed by atoms with E-state index in [1.54, 1.807) is 24.4 Å². The number of benzene rings is 3. The van der Waals surface area contributed by atoms with E-state index in [0.717, 1.165) is 16.5 Å². The molecule has 2 heterocycles. The second-order valence-corrected chi connectivity index (χ2v) is 7.90. The molecule has 34 heavy (non-hydrogen) atoms. The zero-order valence-corrected chi connectivity index (χ0v) is 18.6. The summed E-state index contributed by atoms with van der Waals surface area (Å²) in [6, 6.07) is 22.1. The summed E-state index contributed by atoms with van der Waals surface area (Å²) in [5, 5.41) is 4.18. The second-order valence-electron chi connectivity index (χ2n) is 7.90. The van der Waals surface area contributed by atoms with Crippen molar-refractivity contribution in [3.05, 3.63) is 90.1 Å². The van der Waals surface area contributed by atoms with Crippen molar-refractivity contribution in [3.63, 3.8) is 0 Å². The van der Waals surface area contributed by atoms with Gasteiger partial charge >= 0.3 is 5.97 Å². The van der Waals surface area contributed by atoms with Crippen LogP contribution in [0.4, 0.5) is 5.82 Å². The third-order valence-corrected chi connectivity index (χ3v) is 5.55. The molecule has 0 aliphatic rings. The number of aromatic nitrogens is 2. The second kappa shape index (κ2) is 8.78. The minimum Gasteiger partial charge on any atom is -0.449 e. The minimum atomic E-state index is -1.03. The molecule has 0 spiro atoms. The van der Waals surface area contributed by atoms with Crippen LogP contribution in [0, 0.1) is 6.92 Å². The van der Waals surface area contributed by atoms with Gasteiger partial charge in [-0.05, 0) is 55.1 Å². The van der Waals surface area contributed by atoms with Gasteiger partial charge in [-0.1, -0.05) is 42.5 Å². The van der Waals surface area contributed by atoms with Gasteiger partial charge in [0.25, 0.3) is 5.91 Å². The Labute approximate surface area is 195 Å². The van der Waals surface area contributed by atoms with Crippen molar-refractivity contribution in [1.82, 2.24) is 9.97 Å². The van der Waals surface area contributed by atoms with Crippen molar-refractivity contribution in [2.45, 2.75) is 20.0 Å². The molecule has 0 saturated carbocycles. The molecule has 5 aromatic rings. The average Bonchev–Trinajstić information content (AvgIpc) is 3.28. The maximum absolute atomic E-state index is 13.2. The van der Waals surface area contributed by atoms with Gasteiger partial charge in [0.2, 0.25) is 5.89 Å². The first-order valence-corrected chi connectivity index (χ1v) is 10.8. The summed E-state index contributed by atoms with van der Waals surface area (Å²) in [4.78, 5) is 34.5. The molecule has 0 aliphatic heterocycles. The summed E-state index contributed by atoms with van der Waals surface area (Å²) in [5.74, 6) is -0.244. The molecule has 5 rings (SSSR count). The normalized spacial score (nSPS) is 11.9. The lowest BCUT2D eigenvalue weighted by Crippen LogP contribution is -2.30. The zero-order chi connectivity index (χ0) is 23.7. The van der Waals surface area contributed by atoms with Crippen molar-refractivity contribution in [2.75, 3.05) is 5.32 Å². The van der Waals surface area contributed by atoms with Gasteiger partial charge in [-0.25, -0.2) is 14.8 Å². The van der Waals surface area contributed by atoms with Crippen LogP contribution in [0.2, 0.25) is 0 Å². The molecule has 168 valence electrons. The Morgan fingerprint density at radius 2 is 1.76 bits per heavy atom. The third kappa shape index (κ3) is 3.99. The van der Waals surface area contributed by atoms with Gasteiger partial charge in [-0.15, -0.1) is 0 Å². The highest BCUT2D eigenvalue weighted by atomic mass is 16.5. The molecule has 0 aliphatic carbocycles. The van der Waals surface area contributed by atoms with Crippen LogP contribution in [0.1, 0.15) is 22.8 Å². The number of hydrogen-bond donors (Lipinski definition) is 1. The van der Waals surface area contributed by atoms with E-state index in [1.165, 1.54) is 6.92 Å². The monoisotopic (exact) mass is 451 g/mol. The smallest absolute Gasteiger partial charge is 0.339 e. The summed E-state index contributed by atoms with van der Waals surface area (Å²) in [6.45, 7) is 3.36. The van der Waals surface area contributed by atoms with Crippen LogP contribution in [0.3, 0.4) is 0 Å². The largest absolute Gasteiger partial charge is 0.449 e. The third-order valence-electron chi connectivity index (χ3n) is 5.55. The number of para-hydroxylation sites is 2. The number of anilines is 1. The molecule has 3 aromatic carbocycles. The standard InChI is InChI=1S/C27H21N3O4/c1-16-8-7-15-28-24(16)30-25(31)17(2)33-27(32)20-12-6-10-18-9-5-11-19(23(18)20)26-29-21-13-3-4-14-22(21)34-26/h3-15,17H,1-2H3,(H,28,30,31). The number of rotatable bonds is 5. The van der Waals surface area contributed by atoms with Crippen molar-refractivity contribution in [3.8, 4) is 11.5 Å². The van der Waals surface area contributed by atoms with Gasteiger partial charge in [0.1, 0.15) is 11.3 Å². The van der Waals surface area contributed by atoms with Gasteiger partial charge in [-0.2, -0.15) is 0 Å². The number of oxazole rings is 1. The zero-order valence-electron chi connectivity index (χ0n) is 18.6. The maximum atomic E-state index is 13.2. The number of amides is 1. The van der Waals surface area contributed by atoms with Crippen LogP contribution in [0.5, 0.6) is 0 Å². The van der Waals surface area contributed by atoms with Crippen molar-refractivity contribution >= 4 is 39.6 Å². The molecule has 7 nitrogen and oxygen atoms in total. The highest BCUT2D eigenvalue weighted by Gasteiger charge is 2.23. The van der Waals surface area contributed by atoms with E-state index in [4.69, 9.17) is 9.15 Å².